The summed E-state index contributed by atoms with van der Waals surface area (Å²) in [5.41, 5.74) is 2.34. The molecule has 0 aliphatic rings. The van der Waals surface area contributed by atoms with Crippen LogP contribution in [0.5, 0.6) is 0 Å². The summed E-state index contributed by atoms with van der Waals surface area (Å²) < 4.78 is 5.08. The van der Waals surface area contributed by atoms with Crippen molar-refractivity contribution in [3.8, 4) is 0 Å². The third-order valence-electron chi connectivity index (χ3n) is 3.26. The van der Waals surface area contributed by atoms with Crippen molar-refractivity contribution in [3.05, 3.63) is 71.8 Å². The van der Waals surface area contributed by atoms with E-state index < -0.39 is 0 Å². The van der Waals surface area contributed by atoms with Crippen molar-refractivity contribution in [1.82, 2.24) is 5.23 Å². The van der Waals surface area contributed by atoms with Crippen molar-refractivity contribution in [2.75, 3.05) is 13.7 Å². The molecule has 1 atom stereocenters. The first-order chi connectivity index (χ1) is 10.9. The average molecular weight is 299 g/mol. The number of rotatable bonds is 10. The van der Waals surface area contributed by atoms with E-state index in [0.29, 0.717) is 20.8 Å². The van der Waals surface area contributed by atoms with E-state index in [9.17, 15) is 0 Å². The highest BCUT2D eigenvalue weighted by Crippen LogP contribution is 2.05. The van der Waals surface area contributed by atoms with Crippen LogP contribution in [0.1, 0.15) is 11.1 Å². The third-order valence-corrected chi connectivity index (χ3v) is 3.26. The molecule has 0 spiro atoms. The normalized spacial score (nSPS) is 12.0. The lowest BCUT2D eigenvalue weighted by molar-refractivity contribution is -0.306. The molecule has 5 heteroatoms. The van der Waals surface area contributed by atoms with Crippen molar-refractivity contribution < 1.29 is 14.4 Å². The minimum absolute atomic E-state index is 0.137. The molecule has 0 bridgehead atoms. The van der Waals surface area contributed by atoms with Gasteiger partial charge in [0.25, 0.3) is 0 Å². The maximum Gasteiger partial charge on any atom is 0.360 e. The van der Waals surface area contributed by atoms with Crippen LogP contribution in [-0.4, -0.2) is 27.4 Å². The predicted octanol–water partition coefficient (Wildman–Crippen LogP) is 2.25. The molecule has 0 saturated carbocycles. The molecule has 0 amide bonds. The van der Waals surface area contributed by atoms with Gasteiger partial charge in [-0.05, 0) is 17.5 Å². The molecule has 22 heavy (non-hydrogen) atoms. The Bertz CT molecular complexity index is 510. The van der Waals surface area contributed by atoms with Gasteiger partial charge in [-0.3, -0.25) is 0 Å². The lowest BCUT2D eigenvalue weighted by atomic mass is 10.0. The Kier molecular flexibility index (Phi) is 7.70. The summed E-state index contributed by atoms with van der Waals surface area (Å²) in [5.74, 6) is 0. The summed E-state index contributed by atoms with van der Waals surface area (Å²) in [6.45, 7) is 0.911. The number of hydrogen-bond donors (Lipinski definition) is 1. The van der Waals surface area contributed by atoms with Crippen LogP contribution in [0.15, 0.2) is 60.7 Å². The van der Waals surface area contributed by atoms with E-state index in [2.05, 4.69) is 17.4 Å². The van der Waals surface area contributed by atoms with Gasteiger partial charge in [0.15, 0.2) is 0 Å². The molecule has 2 rings (SSSR count). The molecule has 0 aromatic heterocycles. The second-order valence-corrected chi connectivity index (χ2v) is 5.06. The molecule has 116 valence electrons. The zero-order valence-electron chi connectivity index (χ0n) is 12.9. The summed E-state index contributed by atoms with van der Waals surface area (Å²) in [4.78, 5) is 10.6. The summed E-state index contributed by atoms with van der Waals surface area (Å²) in [6.07, 6.45) is 0.860. The molecular weight excluding hydrogens is 277 g/mol. The van der Waals surface area contributed by atoms with E-state index in [0.717, 1.165) is 12.0 Å². The second kappa shape index (κ2) is 10.1. The Labute approximate surface area is 132 Å². The standard InChI is InChI=1S/C17H22BNO3/c1-20-18-19-17(12-15-8-4-2-5-9-15)14-22-21-13-16-10-6-3-7-11-16/h2-11,17-19H,12-14H2,1H3. The molecule has 1 N–H and O–H groups in total. The summed E-state index contributed by atoms with van der Waals surface area (Å²) >= 11 is 0. The molecule has 2 aromatic rings. The minimum atomic E-state index is 0.137. The Morgan fingerprint density at radius 1 is 0.909 bits per heavy atom. The van der Waals surface area contributed by atoms with Gasteiger partial charge in [-0.15, -0.1) is 0 Å². The fourth-order valence-corrected chi connectivity index (χ4v) is 2.10. The molecule has 0 saturated heterocycles. The Morgan fingerprint density at radius 2 is 1.55 bits per heavy atom. The van der Waals surface area contributed by atoms with Crippen molar-refractivity contribution in [1.29, 1.82) is 0 Å². The van der Waals surface area contributed by atoms with Crippen LogP contribution >= 0.6 is 0 Å². The zero-order valence-corrected chi connectivity index (χ0v) is 12.9. The predicted molar refractivity (Wildman–Crippen MR) is 88.4 cm³/mol. The molecular formula is C17H22BNO3. The summed E-state index contributed by atoms with van der Waals surface area (Å²) in [6, 6.07) is 20.4. The molecule has 0 fully saturated rings. The summed E-state index contributed by atoms with van der Waals surface area (Å²) in [5, 5.41) is 3.29. The first kappa shape index (κ1) is 16.7. The van der Waals surface area contributed by atoms with Crippen molar-refractivity contribution in [3.63, 3.8) is 0 Å². The smallest absolute Gasteiger partial charge is 0.360 e. The molecule has 0 aliphatic carbocycles. The quantitative estimate of drug-likeness (QED) is 0.316. The first-order valence-corrected chi connectivity index (χ1v) is 7.43. The minimum Gasteiger partial charge on any atom is -0.427 e. The highest BCUT2D eigenvalue weighted by molar-refractivity contribution is 6.23. The van der Waals surface area contributed by atoms with Crippen LogP contribution in [-0.2, 0) is 27.5 Å². The van der Waals surface area contributed by atoms with Crippen LogP contribution < -0.4 is 5.23 Å². The van der Waals surface area contributed by atoms with E-state index in [-0.39, 0.29) is 6.04 Å². The average Bonchev–Trinajstić information content (AvgIpc) is 2.58. The highest BCUT2D eigenvalue weighted by atomic mass is 17.2. The lowest BCUT2D eigenvalue weighted by Crippen LogP contribution is -2.38. The summed E-state index contributed by atoms with van der Waals surface area (Å²) in [7, 11) is 2.15. The van der Waals surface area contributed by atoms with E-state index in [4.69, 9.17) is 14.4 Å². The zero-order chi connectivity index (χ0) is 15.5. The molecule has 0 radical (unpaired) electrons. The van der Waals surface area contributed by atoms with Gasteiger partial charge < -0.3 is 9.88 Å². The SMILES string of the molecule is COBNC(COOCc1ccccc1)Cc1ccccc1. The molecule has 2 aromatic carbocycles. The van der Waals surface area contributed by atoms with Gasteiger partial charge in [-0.1, -0.05) is 60.7 Å². The first-order valence-electron chi connectivity index (χ1n) is 7.43. The van der Waals surface area contributed by atoms with Gasteiger partial charge >= 0.3 is 7.62 Å². The van der Waals surface area contributed by atoms with Crippen LogP contribution in [0.3, 0.4) is 0 Å². The molecule has 1 unspecified atom stereocenters. The molecule has 4 nitrogen and oxygen atoms in total. The number of hydrogen-bond acceptors (Lipinski definition) is 4. The van der Waals surface area contributed by atoms with Crippen LogP contribution in [0.25, 0.3) is 0 Å². The van der Waals surface area contributed by atoms with Gasteiger partial charge in [0.2, 0.25) is 0 Å². The van der Waals surface area contributed by atoms with Crippen LogP contribution in [0.4, 0.5) is 0 Å². The Balaban J connectivity index is 1.74. The number of benzene rings is 2. The van der Waals surface area contributed by atoms with Crippen molar-refractivity contribution in [2.45, 2.75) is 19.1 Å². The largest absolute Gasteiger partial charge is 0.427 e. The Morgan fingerprint density at radius 3 is 2.18 bits per heavy atom. The van der Waals surface area contributed by atoms with Gasteiger partial charge in [0.05, 0.1) is 6.61 Å². The van der Waals surface area contributed by atoms with Gasteiger partial charge in [-0.25, -0.2) is 9.78 Å². The van der Waals surface area contributed by atoms with E-state index in [1.54, 1.807) is 7.11 Å². The number of nitrogens with one attached hydrogen (secondary N) is 1. The van der Waals surface area contributed by atoms with Crippen LogP contribution in [0, 0.1) is 0 Å². The van der Waals surface area contributed by atoms with E-state index in [1.165, 1.54) is 5.56 Å². The monoisotopic (exact) mass is 299 g/mol. The maximum atomic E-state index is 5.35. The second-order valence-electron chi connectivity index (χ2n) is 5.06. The van der Waals surface area contributed by atoms with Gasteiger partial charge in [0.1, 0.15) is 6.61 Å². The van der Waals surface area contributed by atoms with E-state index in [1.807, 2.05) is 48.5 Å². The lowest BCUT2D eigenvalue weighted by Gasteiger charge is -2.17. The molecule has 0 aliphatic heterocycles. The third kappa shape index (κ3) is 6.41. The van der Waals surface area contributed by atoms with Crippen molar-refractivity contribution >= 4 is 7.62 Å². The van der Waals surface area contributed by atoms with Gasteiger partial charge in [0, 0.05) is 13.2 Å². The Hall–Kier alpha value is -1.66. The fraction of sp³-hybridized carbons (Fsp3) is 0.294. The molecule has 0 heterocycles. The van der Waals surface area contributed by atoms with Crippen molar-refractivity contribution in [2.24, 2.45) is 0 Å². The maximum absolute atomic E-state index is 5.35. The van der Waals surface area contributed by atoms with Gasteiger partial charge in [-0.2, -0.15) is 0 Å². The van der Waals surface area contributed by atoms with Crippen LogP contribution in [0.2, 0.25) is 0 Å². The fourth-order valence-electron chi connectivity index (χ4n) is 2.10. The van der Waals surface area contributed by atoms with E-state index >= 15 is 0 Å². The highest BCUT2D eigenvalue weighted by Gasteiger charge is 2.10. The topological polar surface area (TPSA) is 39.7 Å².